The third kappa shape index (κ3) is 3.86. The number of aryl methyl sites for hydroxylation is 2. The lowest BCUT2D eigenvalue weighted by Gasteiger charge is -2.11. The Morgan fingerprint density at radius 2 is 1.78 bits per heavy atom. The van der Waals surface area contributed by atoms with Crippen LogP contribution in [0.3, 0.4) is 0 Å². The molecule has 0 unspecified atom stereocenters. The Labute approximate surface area is 110 Å². The summed E-state index contributed by atoms with van der Waals surface area (Å²) >= 11 is 0. The van der Waals surface area contributed by atoms with Crippen LogP contribution in [0.15, 0.2) is 24.3 Å². The molecule has 1 saturated carbocycles. The van der Waals surface area contributed by atoms with Crippen molar-refractivity contribution >= 4 is 5.91 Å². The van der Waals surface area contributed by atoms with Crippen molar-refractivity contribution in [2.75, 3.05) is 0 Å². The summed E-state index contributed by atoms with van der Waals surface area (Å²) < 4.78 is 0. The predicted molar refractivity (Wildman–Crippen MR) is 74.5 cm³/mol. The van der Waals surface area contributed by atoms with Crippen molar-refractivity contribution in [3.8, 4) is 0 Å². The molecule has 1 aliphatic carbocycles. The standard InChI is InChI=1S/C16H23NO/c1-2-13-7-9-14(10-8-13)11-12-16(18)17-15-5-3-4-6-15/h7-10,15H,2-6,11-12H2,1H3,(H,17,18). The summed E-state index contributed by atoms with van der Waals surface area (Å²) in [6, 6.07) is 9.04. The minimum atomic E-state index is 0.210. The van der Waals surface area contributed by atoms with E-state index in [2.05, 4.69) is 36.5 Å². The van der Waals surface area contributed by atoms with Gasteiger partial charge >= 0.3 is 0 Å². The Balaban J connectivity index is 1.74. The molecule has 18 heavy (non-hydrogen) atoms. The van der Waals surface area contributed by atoms with Gasteiger partial charge in [0.25, 0.3) is 0 Å². The summed E-state index contributed by atoms with van der Waals surface area (Å²) in [5, 5.41) is 3.13. The molecule has 1 amide bonds. The normalized spacial score (nSPS) is 15.8. The van der Waals surface area contributed by atoms with Crippen LogP contribution in [-0.2, 0) is 17.6 Å². The van der Waals surface area contributed by atoms with Crippen LogP contribution < -0.4 is 5.32 Å². The topological polar surface area (TPSA) is 29.1 Å². The summed E-state index contributed by atoms with van der Waals surface area (Å²) in [7, 11) is 0. The Kier molecular flexibility index (Phi) is 4.80. The number of carbonyl (C=O) groups excluding carboxylic acids is 1. The average Bonchev–Trinajstić information content (AvgIpc) is 2.90. The first-order valence-electron chi connectivity index (χ1n) is 7.15. The fourth-order valence-electron chi connectivity index (χ4n) is 2.57. The Bertz CT molecular complexity index is 377. The summed E-state index contributed by atoms with van der Waals surface area (Å²) in [6.07, 6.45) is 7.40. The molecule has 0 aliphatic heterocycles. The fraction of sp³-hybridized carbons (Fsp3) is 0.562. The molecule has 1 aliphatic rings. The first-order valence-corrected chi connectivity index (χ1v) is 7.15. The van der Waals surface area contributed by atoms with Gasteiger partial charge in [0, 0.05) is 12.5 Å². The first kappa shape index (κ1) is 13.1. The third-order valence-electron chi connectivity index (χ3n) is 3.79. The molecule has 2 heteroatoms. The molecular weight excluding hydrogens is 222 g/mol. The molecule has 1 aromatic rings. The van der Waals surface area contributed by atoms with Crippen LogP contribution in [0.5, 0.6) is 0 Å². The van der Waals surface area contributed by atoms with Crippen LogP contribution in [-0.4, -0.2) is 11.9 Å². The molecular formula is C16H23NO. The van der Waals surface area contributed by atoms with E-state index in [-0.39, 0.29) is 5.91 Å². The number of hydrogen-bond donors (Lipinski definition) is 1. The second kappa shape index (κ2) is 6.58. The van der Waals surface area contributed by atoms with Gasteiger partial charge < -0.3 is 5.32 Å². The van der Waals surface area contributed by atoms with E-state index in [4.69, 9.17) is 0 Å². The largest absolute Gasteiger partial charge is 0.353 e. The van der Waals surface area contributed by atoms with Crippen LogP contribution in [0.25, 0.3) is 0 Å². The highest BCUT2D eigenvalue weighted by Gasteiger charge is 2.16. The van der Waals surface area contributed by atoms with Gasteiger partial charge in [-0.3, -0.25) is 4.79 Å². The maximum absolute atomic E-state index is 11.8. The van der Waals surface area contributed by atoms with Gasteiger partial charge in [-0.1, -0.05) is 44.0 Å². The highest BCUT2D eigenvalue weighted by molar-refractivity contribution is 5.76. The zero-order valence-electron chi connectivity index (χ0n) is 11.2. The fourth-order valence-corrected chi connectivity index (χ4v) is 2.57. The molecule has 0 aromatic heterocycles. The highest BCUT2D eigenvalue weighted by Crippen LogP contribution is 2.17. The SMILES string of the molecule is CCc1ccc(CCC(=O)NC2CCCC2)cc1. The number of benzene rings is 1. The number of hydrogen-bond acceptors (Lipinski definition) is 1. The Hall–Kier alpha value is -1.31. The van der Waals surface area contributed by atoms with E-state index in [1.807, 2.05) is 0 Å². The Morgan fingerprint density at radius 3 is 2.39 bits per heavy atom. The quantitative estimate of drug-likeness (QED) is 0.847. The summed E-state index contributed by atoms with van der Waals surface area (Å²) in [4.78, 5) is 11.8. The van der Waals surface area contributed by atoms with E-state index in [0.717, 1.165) is 25.7 Å². The number of carbonyl (C=O) groups is 1. The molecule has 0 atom stereocenters. The highest BCUT2D eigenvalue weighted by atomic mass is 16.1. The number of amides is 1. The van der Waals surface area contributed by atoms with Crippen LogP contribution >= 0.6 is 0 Å². The van der Waals surface area contributed by atoms with Crippen LogP contribution in [0, 0.1) is 0 Å². The molecule has 0 spiro atoms. The monoisotopic (exact) mass is 245 g/mol. The minimum absolute atomic E-state index is 0.210. The van der Waals surface area contributed by atoms with Crippen LogP contribution in [0.1, 0.15) is 50.2 Å². The van der Waals surface area contributed by atoms with E-state index in [9.17, 15) is 4.79 Å². The maximum atomic E-state index is 11.8. The Morgan fingerprint density at radius 1 is 1.17 bits per heavy atom. The van der Waals surface area contributed by atoms with Gasteiger partial charge in [0.1, 0.15) is 0 Å². The van der Waals surface area contributed by atoms with E-state index < -0.39 is 0 Å². The summed E-state index contributed by atoms with van der Waals surface area (Å²) in [5.74, 6) is 0.210. The number of nitrogens with one attached hydrogen (secondary N) is 1. The molecule has 0 bridgehead atoms. The van der Waals surface area contributed by atoms with Gasteiger partial charge in [-0.05, 0) is 36.8 Å². The molecule has 0 saturated heterocycles. The van der Waals surface area contributed by atoms with Crippen molar-refractivity contribution in [3.63, 3.8) is 0 Å². The minimum Gasteiger partial charge on any atom is -0.353 e. The van der Waals surface area contributed by atoms with Crippen molar-refractivity contribution in [3.05, 3.63) is 35.4 Å². The van der Waals surface area contributed by atoms with Crippen molar-refractivity contribution in [1.29, 1.82) is 0 Å². The lowest BCUT2D eigenvalue weighted by molar-refractivity contribution is -0.121. The van der Waals surface area contributed by atoms with Crippen molar-refractivity contribution < 1.29 is 4.79 Å². The molecule has 1 N–H and O–H groups in total. The van der Waals surface area contributed by atoms with Crippen molar-refractivity contribution in [1.82, 2.24) is 5.32 Å². The predicted octanol–water partition coefficient (Wildman–Crippen LogP) is 3.24. The average molecular weight is 245 g/mol. The number of rotatable bonds is 5. The maximum Gasteiger partial charge on any atom is 0.220 e. The lowest BCUT2D eigenvalue weighted by atomic mass is 10.1. The molecule has 98 valence electrons. The second-order valence-corrected chi connectivity index (χ2v) is 5.22. The second-order valence-electron chi connectivity index (χ2n) is 5.22. The van der Waals surface area contributed by atoms with E-state index in [0.29, 0.717) is 12.5 Å². The molecule has 0 heterocycles. The van der Waals surface area contributed by atoms with Gasteiger partial charge in [-0.2, -0.15) is 0 Å². The molecule has 0 radical (unpaired) electrons. The van der Waals surface area contributed by atoms with E-state index in [1.165, 1.54) is 24.0 Å². The summed E-state index contributed by atoms with van der Waals surface area (Å²) in [5.41, 5.74) is 2.61. The van der Waals surface area contributed by atoms with Gasteiger partial charge in [-0.25, -0.2) is 0 Å². The molecule has 1 fully saturated rings. The first-order chi connectivity index (χ1) is 8.78. The zero-order valence-corrected chi connectivity index (χ0v) is 11.2. The van der Waals surface area contributed by atoms with Gasteiger partial charge in [-0.15, -0.1) is 0 Å². The van der Waals surface area contributed by atoms with Crippen LogP contribution in [0.2, 0.25) is 0 Å². The summed E-state index contributed by atoms with van der Waals surface area (Å²) in [6.45, 7) is 2.16. The molecule has 1 aromatic carbocycles. The lowest BCUT2D eigenvalue weighted by Crippen LogP contribution is -2.32. The van der Waals surface area contributed by atoms with E-state index >= 15 is 0 Å². The smallest absolute Gasteiger partial charge is 0.220 e. The van der Waals surface area contributed by atoms with Crippen molar-refractivity contribution in [2.24, 2.45) is 0 Å². The third-order valence-corrected chi connectivity index (χ3v) is 3.79. The van der Waals surface area contributed by atoms with Crippen molar-refractivity contribution in [2.45, 2.75) is 57.9 Å². The molecule has 2 rings (SSSR count). The van der Waals surface area contributed by atoms with Crippen LogP contribution in [0.4, 0.5) is 0 Å². The van der Waals surface area contributed by atoms with E-state index in [1.54, 1.807) is 0 Å². The van der Waals surface area contributed by atoms with Gasteiger partial charge in [0.05, 0.1) is 0 Å². The molecule has 2 nitrogen and oxygen atoms in total. The van der Waals surface area contributed by atoms with Gasteiger partial charge in [0.15, 0.2) is 0 Å². The van der Waals surface area contributed by atoms with Gasteiger partial charge in [0.2, 0.25) is 5.91 Å². The zero-order chi connectivity index (χ0) is 12.8.